The maximum Gasteiger partial charge on any atom is 0.340 e. The molecule has 0 bridgehead atoms. The van der Waals surface area contributed by atoms with Crippen molar-refractivity contribution in [1.82, 2.24) is 4.98 Å². The third-order valence-corrected chi connectivity index (χ3v) is 4.43. The van der Waals surface area contributed by atoms with Crippen LogP contribution in [0.4, 0.5) is 0 Å². The SMILES string of the molecule is CCOC(=O)c1c(C)[nH]c(C)c1C(=O)C(C#N)=Cc1cc(Br)ccc1OC. The van der Waals surface area contributed by atoms with E-state index < -0.39 is 11.8 Å². The Balaban J connectivity index is 2.58. The fraction of sp³-hybridized carbons (Fsp3) is 0.250. The van der Waals surface area contributed by atoms with Crippen molar-refractivity contribution in [3.8, 4) is 11.8 Å². The third kappa shape index (κ3) is 4.29. The highest BCUT2D eigenvalue weighted by atomic mass is 79.9. The van der Waals surface area contributed by atoms with E-state index >= 15 is 0 Å². The molecule has 0 saturated carbocycles. The third-order valence-electron chi connectivity index (χ3n) is 3.94. The number of allylic oxidation sites excluding steroid dienone is 1. The molecule has 0 atom stereocenters. The first-order valence-corrected chi connectivity index (χ1v) is 8.99. The molecule has 7 heteroatoms. The Hall–Kier alpha value is -2.85. The van der Waals surface area contributed by atoms with Gasteiger partial charge in [0.15, 0.2) is 0 Å². The number of nitrogens with zero attached hydrogens (tertiary/aromatic N) is 1. The number of ketones is 1. The van der Waals surface area contributed by atoms with E-state index in [0.29, 0.717) is 22.7 Å². The van der Waals surface area contributed by atoms with Crippen LogP contribution in [0.15, 0.2) is 28.2 Å². The second-order valence-corrected chi connectivity index (χ2v) is 6.65. The number of methoxy groups -OCH3 is 1. The molecule has 0 aliphatic heterocycles. The number of nitrogens with one attached hydrogen (secondary N) is 1. The summed E-state index contributed by atoms with van der Waals surface area (Å²) in [6.45, 7) is 5.24. The van der Waals surface area contributed by atoms with Gasteiger partial charge in [0, 0.05) is 21.4 Å². The van der Waals surface area contributed by atoms with Crippen LogP contribution >= 0.6 is 15.9 Å². The van der Waals surface area contributed by atoms with Crippen molar-refractivity contribution < 1.29 is 19.1 Å². The van der Waals surface area contributed by atoms with Gasteiger partial charge in [-0.15, -0.1) is 0 Å². The highest BCUT2D eigenvalue weighted by molar-refractivity contribution is 9.10. The van der Waals surface area contributed by atoms with Crippen LogP contribution in [-0.2, 0) is 4.74 Å². The van der Waals surface area contributed by atoms with Gasteiger partial charge in [-0.25, -0.2) is 4.79 Å². The Bertz CT molecular complexity index is 967. The molecular weight excluding hydrogens is 412 g/mol. The number of hydrogen-bond acceptors (Lipinski definition) is 5. The lowest BCUT2D eigenvalue weighted by Gasteiger charge is -2.07. The van der Waals surface area contributed by atoms with Gasteiger partial charge in [-0.1, -0.05) is 15.9 Å². The molecule has 140 valence electrons. The summed E-state index contributed by atoms with van der Waals surface area (Å²) in [7, 11) is 1.51. The average Bonchev–Trinajstić information content (AvgIpc) is 2.93. The molecule has 0 unspecified atom stereocenters. The van der Waals surface area contributed by atoms with Crippen molar-refractivity contribution in [3.05, 3.63) is 56.3 Å². The molecule has 0 amide bonds. The van der Waals surface area contributed by atoms with Crippen LogP contribution in [-0.4, -0.2) is 30.5 Å². The van der Waals surface area contributed by atoms with Crippen molar-refractivity contribution in [2.45, 2.75) is 20.8 Å². The van der Waals surface area contributed by atoms with Gasteiger partial charge in [0.1, 0.15) is 17.4 Å². The van der Waals surface area contributed by atoms with Gasteiger partial charge in [-0.05, 0) is 45.0 Å². The molecule has 0 fully saturated rings. The molecule has 6 nitrogen and oxygen atoms in total. The van der Waals surface area contributed by atoms with Gasteiger partial charge in [-0.3, -0.25) is 4.79 Å². The largest absolute Gasteiger partial charge is 0.496 e. The normalized spacial score (nSPS) is 11.0. The molecule has 0 spiro atoms. The summed E-state index contributed by atoms with van der Waals surface area (Å²) in [5.41, 5.74) is 1.78. The Labute approximate surface area is 165 Å². The lowest BCUT2D eigenvalue weighted by molar-refractivity contribution is 0.0523. The lowest BCUT2D eigenvalue weighted by atomic mass is 9.97. The number of aryl methyl sites for hydroxylation is 2. The fourth-order valence-corrected chi connectivity index (χ4v) is 3.16. The number of rotatable bonds is 6. The Morgan fingerprint density at radius 1 is 1.26 bits per heavy atom. The van der Waals surface area contributed by atoms with Crippen LogP contribution in [0.1, 0.15) is 44.6 Å². The summed E-state index contributed by atoms with van der Waals surface area (Å²) >= 11 is 3.36. The number of ether oxygens (including phenoxy) is 2. The maximum atomic E-state index is 13.1. The molecule has 2 rings (SSSR count). The van der Waals surface area contributed by atoms with Crippen LogP contribution in [0.25, 0.3) is 6.08 Å². The summed E-state index contributed by atoms with van der Waals surface area (Å²) in [5.74, 6) is -0.629. The first-order valence-electron chi connectivity index (χ1n) is 8.20. The zero-order valence-corrected chi connectivity index (χ0v) is 17.1. The number of hydrogen-bond donors (Lipinski definition) is 1. The number of benzene rings is 1. The van der Waals surface area contributed by atoms with E-state index in [0.717, 1.165) is 4.47 Å². The Morgan fingerprint density at radius 2 is 1.93 bits per heavy atom. The van der Waals surface area contributed by atoms with Crippen molar-refractivity contribution >= 4 is 33.8 Å². The number of aromatic nitrogens is 1. The molecule has 0 aliphatic rings. The van der Waals surface area contributed by atoms with E-state index in [4.69, 9.17) is 9.47 Å². The number of carbonyl (C=O) groups excluding carboxylic acids is 2. The minimum absolute atomic E-state index is 0.112. The van der Waals surface area contributed by atoms with Gasteiger partial charge in [0.2, 0.25) is 5.78 Å². The summed E-state index contributed by atoms with van der Waals surface area (Å²) < 4.78 is 11.1. The molecule has 2 aromatic rings. The van der Waals surface area contributed by atoms with E-state index in [1.807, 2.05) is 6.07 Å². The summed E-state index contributed by atoms with van der Waals surface area (Å²) in [6.07, 6.45) is 1.45. The van der Waals surface area contributed by atoms with E-state index in [-0.39, 0.29) is 23.3 Å². The highest BCUT2D eigenvalue weighted by Crippen LogP contribution is 2.28. The predicted octanol–water partition coefficient (Wildman–Crippen LogP) is 4.37. The van der Waals surface area contributed by atoms with Crippen molar-refractivity contribution in [2.75, 3.05) is 13.7 Å². The monoisotopic (exact) mass is 430 g/mol. The lowest BCUT2D eigenvalue weighted by Crippen LogP contribution is -2.13. The van der Waals surface area contributed by atoms with Crippen molar-refractivity contribution in [1.29, 1.82) is 5.26 Å². The summed E-state index contributed by atoms with van der Waals surface area (Å²) in [4.78, 5) is 28.3. The smallest absolute Gasteiger partial charge is 0.340 e. The van der Waals surface area contributed by atoms with Crippen LogP contribution in [0, 0.1) is 25.2 Å². The molecular formula is C20H19BrN2O4. The maximum absolute atomic E-state index is 13.1. The second-order valence-electron chi connectivity index (χ2n) is 5.73. The summed E-state index contributed by atoms with van der Waals surface area (Å²) in [5, 5.41) is 9.56. The number of esters is 1. The zero-order chi connectivity index (χ0) is 20.1. The van der Waals surface area contributed by atoms with E-state index in [1.165, 1.54) is 13.2 Å². The summed E-state index contributed by atoms with van der Waals surface area (Å²) in [6, 6.07) is 7.19. The number of carbonyl (C=O) groups is 2. The van der Waals surface area contributed by atoms with Gasteiger partial charge in [-0.2, -0.15) is 5.26 Å². The zero-order valence-electron chi connectivity index (χ0n) is 15.5. The number of nitriles is 1. The topological polar surface area (TPSA) is 92.2 Å². The van der Waals surface area contributed by atoms with Crippen LogP contribution in [0.5, 0.6) is 5.75 Å². The van der Waals surface area contributed by atoms with Gasteiger partial charge in [0.25, 0.3) is 0 Å². The first-order chi connectivity index (χ1) is 12.8. The molecule has 1 heterocycles. The number of aromatic amines is 1. The predicted molar refractivity (Wildman–Crippen MR) is 105 cm³/mol. The average molecular weight is 431 g/mol. The molecule has 27 heavy (non-hydrogen) atoms. The Morgan fingerprint density at radius 3 is 2.52 bits per heavy atom. The van der Waals surface area contributed by atoms with E-state index in [9.17, 15) is 14.9 Å². The minimum atomic E-state index is -0.597. The van der Waals surface area contributed by atoms with Crippen LogP contribution < -0.4 is 4.74 Å². The highest BCUT2D eigenvalue weighted by Gasteiger charge is 2.27. The second kappa shape index (κ2) is 8.69. The van der Waals surface area contributed by atoms with Crippen molar-refractivity contribution in [3.63, 3.8) is 0 Å². The molecule has 1 N–H and O–H groups in total. The Kier molecular flexibility index (Phi) is 6.59. The van der Waals surface area contributed by atoms with Crippen LogP contribution in [0.3, 0.4) is 0 Å². The van der Waals surface area contributed by atoms with E-state index in [1.54, 1.807) is 39.0 Å². The number of halogens is 1. The first kappa shape index (κ1) is 20.5. The van der Waals surface area contributed by atoms with Gasteiger partial charge < -0.3 is 14.5 Å². The van der Waals surface area contributed by atoms with Gasteiger partial charge >= 0.3 is 5.97 Å². The molecule has 1 aromatic heterocycles. The molecule has 0 saturated heterocycles. The van der Waals surface area contributed by atoms with Crippen molar-refractivity contribution in [2.24, 2.45) is 0 Å². The molecule has 0 aliphatic carbocycles. The molecule has 0 radical (unpaired) electrons. The number of H-pyrrole nitrogens is 1. The fourth-order valence-electron chi connectivity index (χ4n) is 2.78. The van der Waals surface area contributed by atoms with E-state index in [2.05, 4.69) is 20.9 Å². The van der Waals surface area contributed by atoms with Crippen LogP contribution in [0.2, 0.25) is 0 Å². The van der Waals surface area contributed by atoms with Gasteiger partial charge in [0.05, 0.1) is 24.8 Å². The molecule has 1 aromatic carbocycles. The number of Topliss-reactive ketones (excluding diaryl/α,β-unsaturated/α-hetero) is 1. The quantitative estimate of drug-likeness (QED) is 0.317. The minimum Gasteiger partial charge on any atom is -0.496 e. The standard InChI is InChI=1S/C20H19BrN2O4/c1-5-27-20(25)18-12(3)23-11(2)17(18)19(24)14(10-22)8-13-9-15(21)6-7-16(13)26-4/h6-9,23H,5H2,1-4H3.